The molecule has 5 nitrogen and oxygen atoms in total. The molecule has 0 fully saturated rings. The first-order chi connectivity index (χ1) is 10.6. The van der Waals surface area contributed by atoms with Gasteiger partial charge in [0, 0.05) is 4.47 Å². The highest BCUT2D eigenvalue weighted by molar-refractivity contribution is 9.10. The normalized spacial score (nSPS) is 10.6. The van der Waals surface area contributed by atoms with Crippen molar-refractivity contribution in [3.8, 4) is 11.5 Å². The minimum atomic E-state index is -0.212. The van der Waals surface area contributed by atoms with Crippen molar-refractivity contribution in [3.05, 3.63) is 58.1 Å². The fourth-order valence-electron chi connectivity index (χ4n) is 1.79. The minimum absolute atomic E-state index is 0.0210. The molecule has 1 amide bonds. The molecule has 0 saturated carbocycles. The van der Waals surface area contributed by atoms with Crippen molar-refractivity contribution < 1.29 is 14.6 Å². The fourth-order valence-corrected chi connectivity index (χ4v) is 2.06. The predicted octanol–water partition coefficient (Wildman–Crippen LogP) is 2.86. The van der Waals surface area contributed by atoms with Crippen LogP contribution in [0.3, 0.4) is 0 Å². The molecule has 114 valence electrons. The molecule has 0 radical (unpaired) electrons. The van der Waals surface area contributed by atoms with Gasteiger partial charge in [-0.25, -0.2) is 5.43 Å². The summed E-state index contributed by atoms with van der Waals surface area (Å²) in [6.45, 7) is 0. The summed E-state index contributed by atoms with van der Waals surface area (Å²) in [5.74, 6) is 0.195. The molecule has 2 aromatic rings. The number of nitrogens with zero attached hydrogens (tertiary/aromatic N) is 1. The third kappa shape index (κ3) is 4.60. The monoisotopic (exact) mass is 362 g/mol. The number of carbonyl (C=O) groups excluding carboxylic acids is 1. The Morgan fingerprint density at radius 2 is 2.05 bits per heavy atom. The number of hydrogen-bond acceptors (Lipinski definition) is 4. The van der Waals surface area contributed by atoms with E-state index in [0.29, 0.717) is 11.3 Å². The summed E-state index contributed by atoms with van der Waals surface area (Å²) in [4.78, 5) is 11.7. The molecule has 0 saturated heterocycles. The van der Waals surface area contributed by atoms with Crippen LogP contribution in [0.4, 0.5) is 0 Å². The van der Waals surface area contributed by atoms with Gasteiger partial charge in [0.1, 0.15) is 0 Å². The summed E-state index contributed by atoms with van der Waals surface area (Å²) >= 11 is 3.34. The van der Waals surface area contributed by atoms with E-state index in [-0.39, 0.29) is 18.1 Å². The van der Waals surface area contributed by atoms with Crippen molar-refractivity contribution in [2.45, 2.75) is 6.42 Å². The van der Waals surface area contributed by atoms with Crippen LogP contribution in [0.25, 0.3) is 0 Å². The molecule has 22 heavy (non-hydrogen) atoms. The Balaban J connectivity index is 1.90. The van der Waals surface area contributed by atoms with Crippen molar-refractivity contribution in [3.63, 3.8) is 0 Å². The summed E-state index contributed by atoms with van der Waals surface area (Å²) < 4.78 is 5.92. The Hall–Kier alpha value is -2.34. The van der Waals surface area contributed by atoms with Gasteiger partial charge >= 0.3 is 0 Å². The van der Waals surface area contributed by atoms with Crippen LogP contribution >= 0.6 is 15.9 Å². The summed E-state index contributed by atoms with van der Waals surface area (Å²) in [6.07, 6.45) is 1.71. The third-order valence-electron chi connectivity index (χ3n) is 2.88. The Morgan fingerprint density at radius 3 is 2.68 bits per heavy atom. The second-order valence-electron chi connectivity index (χ2n) is 4.53. The lowest BCUT2D eigenvalue weighted by Crippen LogP contribution is -2.19. The van der Waals surface area contributed by atoms with Gasteiger partial charge < -0.3 is 9.84 Å². The second kappa shape index (κ2) is 7.61. The Kier molecular flexibility index (Phi) is 5.55. The van der Waals surface area contributed by atoms with Crippen molar-refractivity contribution in [1.29, 1.82) is 0 Å². The smallest absolute Gasteiger partial charge is 0.244 e. The zero-order valence-electron chi connectivity index (χ0n) is 11.9. The first kappa shape index (κ1) is 16.0. The van der Waals surface area contributed by atoms with E-state index < -0.39 is 0 Å². The standard InChI is InChI=1S/C16H15BrN2O3/c1-22-15-7-4-12(8-14(15)20)10-18-19-16(21)9-11-2-5-13(17)6-3-11/h2-8,10,20H,9H2,1H3,(H,19,21). The van der Waals surface area contributed by atoms with E-state index in [2.05, 4.69) is 26.5 Å². The largest absolute Gasteiger partial charge is 0.504 e. The maximum Gasteiger partial charge on any atom is 0.244 e. The van der Waals surface area contributed by atoms with Gasteiger partial charge in [-0.15, -0.1) is 0 Å². The van der Waals surface area contributed by atoms with Crippen LogP contribution in [0.2, 0.25) is 0 Å². The maximum atomic E-state index is 11.7. The van der Waals surface area contributed by atoms with Gasteiger partial charge in [0.25, 0.3) is 0 Å². The van der Waals surface area contributed by atoms with Gasteiger partial charge in [-0.05, 0) is 41.5 Å². The number of ether oxygens (including phenoxy) is 1. The first-order valence-corrected chi connectivity index (χ1v) is 7.31. The van der Waals surface area contributed by atoms with E-state index in [1.165, 1.54) is 19.4 Å². The molecule has 2 rings (SSSR count). The number of phenolic OH excluding ortho intramolecular Hbond substituents is 1. The number of amides is 1. The zero-order chi connectivity index (χ0) is 15.9. The van der Waals surface area contributed by atoms with E-state index in [9.17, 15) is 9.90 Å². The molecular formula is C16H15BrN2O3. The Morgan fingerprint density at radius 1 is 1.32 bits per heavy atom. The highest BCUT2D eigenvalue weighted by Gasteiger charge is 2.03. The van der Waals surface area contributed by atoms with Crippen LogP contribution in [0, 0.1) is 0 Å². The van der Waals surface area contributed by atoms with E-state index >= 15 is 0 Å². The number of hydrogen-bond donors (Lipinski definition) is 2. The quantitative estimate of drug-likeness (QED) is 0.634. The highest BCUT2D eigenvalue weighted by Crippen LogP contribution is 2.25. The molecular weight excluding hydrogens is 348 g/mol. The van der Waals surface area contributed by atoms with Crippen LogP contribution in [0.15, 0.2) is 52.0 Å². The van der Waals surface area contributed by atoms with Crippen LogP contribution in [0.5, 0.6) is 11.5 Å². The number of carbonyl (C=O) groups is 1. The van der Waals surface area contributed by atoms with Crippen molar-refractivity contribution in [2.24, 2.45) is 5.10 Å². The first-order valence-electron chi connectivity index (χ1n) is 6.52. The van der Waals surface area contributed by atoms with Crippen molar-refractivity contribution in [2.75, 3.05) is 7.11 Å². The molecule has 0 aliphatic heterocycles. The molecule has 0 spiro atoms. The molecule has 0 bridgehead atoms. The summed E-state index contributed by atoms with van der Waals surface area (Å²) in [5, 5.41) is 13.5. The average molecular weight is 363 g/mol. The van der Waals surface area contributed by atoms with Crippen molar-refractivity contribution >= 4 is 28.1 Å². The lowest BCUT2D eigenvalue weighted by Gasteiger charge is -2.03. The molecule has 0 aromatic heterocycles. The number of methoxy groups -OCH3 is 1. The van der Waals surface area contributed by atoms with E-state index in [0.717, 1.165) is 10.0 Å². The number of benzene rings is 2. The summed E-state index contributed by atoms with van der Waals surface area (Å²) in [5.41, 5.74) is 4.00. The Bertz CT molecular complexity index is 684. The van der Waals surface area contributed by atoms with Crippen LogP contribution in [0.1, 0.15) is 11.1 Å². The Labute approximate surface area is 136 Å². The SMILES string of the molecule is COc1ccc(C=NNC(=O)Cc2ccc(Br)cc2)cc1O. The molecule has 0 aliphatic carbocycles. The van der Waals surface area contributed by atoms with Gasteiger partial charge in [-0.2, -0.15) is 5.10 Å². The van der Waals surface area contributed by atoms with Crippen LogP contribution < -0.4 is 10.2 Å². The number of phenols is 1. The summed E-state index contributed by atoms with van der Waals surface area (Å²) in [6, 6.07) is 12.4. The molecule has 2 N–H and O–H groups in total. The molecule has 0 aliphatic rings. The lowest BCUT2D eigenvalue weighted by molar-refractivity contribution is -0.120. The number of aromatic hydroxyl groups is 1. The number of halogens is 1. The summed E-state index contributed by atoms with van der Waals surface area (Å²) in [7, 11) is 1.48. The highest BCUT2D eigenvalue weighted by atomic mass is 79.9. The molecule has 2 aromatic carbocycles. The van der Waals surface area contributed by atoms with Crippen LogP contribution in [-0.4, -0.2) is 24.3 Å². The van der Waals surface area contributed by atoms with E-state index in [4.69, 9.17) is 4.74 Å². The minimum Gasteiger partial charge on any atom is -0.504 e. The topological polar surface area (TPSA) is 70.9 Å². The van der Waals surface area contributed by atoms with Gasteiger partial charge in [-0.1, -0.05) is 28.1 Å². The van der Waals surface area contributed by atoms with Crippen LogP contribution in [-0.2, 0) is 11.2 Å². The predicted molar refractivity (Wildman–Crippen MR) is 88.2 cm³/mol. The third-order valence-corrected chi connectivity index (χ3v) is 3.41. The van der Waals surface area contributed by atoms with Gasteiger partial charge in [0.2, 0.25) is 5.91 Å². The van der Waals surface area contributed by atoms with Gasteiger partial charge in [0.15, 0.2) is 11.5 Å². The number of nitrogens with one attached hydrogen (secondary N) is 1. The molecule has 0 unspecified atom stereocenters. The zero-order valence-corrected chi connectivity index (χ0v) is 13.5. The lowest BCUT2D eigenvalue weighted by atomic mass is 10.1. The second-order valence-corrected chi connectivity index (χ2v) is 5.44. The van der Waals surface area contributed by atoms with Crippen molar-refractivity contribution in [1.82, 2.24) is 5.43 Å². The number of rotatable bonds is 5. The molecule has 0 heterocycles. The van der Waals surface area contributed by atoms with Gasteiger partial charge in [-0.3, -0.25) is 4.79 Å². The van der Waals surface area contributed by atoms with E-state index in [1.807, 2.05) is 24.3 Å². The van der Waals surface area contributed by atoms with Gasteiger partial charge in [0.05, 0.1) is 19.7 Å². The fraction of sp³-hybridized carbons (Fsp3) is 0.125. The maximum absolute atomic E-state index is 11.7. The van der Waals surface area contributed by atoms with E-state index in [1.54, 1.807) is 12.1 Å². The molecule has 0 atom stereocenters. The number of hydrazone groups is 1. The average Bonchev–Trinajstić information content (AvgIpc) is 2.50. The molecule has 6 heteroatoms.